The Morgan fingerprint density at radius 1 is 1.09 bits per heavy atom. The van der Waals surface area contributed by atoms with Gasteiger partial charge < -0.3 is 14.4 Å². The Bertz CT molecular complexity index is 1430. The summed E-state index contributed by atoms with van der Waals surface area (Å²) >= 11 is 0. The maximum absolute atomic E-state index is 13.7. The molecule has 7 heteroatoms. The molecule has 178 valence electrons. The summed E-state index contributed by atoms with van der Waals surface area (Å²) in [7, 11) is 1.97. The van der Waals surface area contributed by atoms with E-state index in [9.17, 15) is 4.79 Å². The van der Waals surface area contributed by atoms with Crippen LogP contribution in [0.4, 0.5) is 0 Å². The van der Waals surface area contributed by atoms with E-state index >= 15 is 0 Å². The molecular formula is C28H28N4O3. The zero-order valence-corrected chi connectivity index (χ0v) is 20.2. The highest BCUT2D eigenvalue weighted by Gasteiger charge is 2.46. The van der Waals surface area contributed by atoms with Gasteiger partial charge in [-0.05, 0) is 50.2 Å². The molecule has 0 aliphatic carbocycles. The number of hydrogen-bond donors (Lipinski definition) is 0. The summed E-state index contributed by atoms with van der Waals surface area (Å²) in [6.07, 6.45) is 5.09. The lowest BCUT2D eigenvalue weighted by Gasteiger charge is -2.44. The molecule has 0 unspecified atom stereocenters. The van der Waals surface area contributed by atoms with Crippen LogP contribution in [0.15, 0.2) is 60.9 Å². The average molecular weight is 469 g/mol. The second kappa shape index (κ2) is 8.12. The lowest BCUT2D eigenvalue weighted by atomic mass is 9.81. The Morgan fingerprint density at radius 2 is 1.89 bits per heavy atom. The molecule has 4 aromatic rings. The zero-order valence-electron chi connectivity index (χ0n) is 20.2. The molecule has 35 heavy (non-hydrogen) atoms. The molecule has 2 aliphatic rings. The van der Waals surface area contributed by atoms with E-state index in [2.05, 4.69) is 16.1 Å². The fourth-order valence-corrected chi connectivity index (χ4v) is 5.40. The Kier molecular flexibility index (Phi) is 5.02. The van der Waals surface area contributed by atoms with Gasteiger partial charge in [0.05, 0.1) is 29.1 Å². The summed E-state index contributed by atoms with van der Waals surface area (Å²) in [5, 5.41) is 5.40. The fourth-order valence-electron chi connectivity index (χ4n) is 5.40. The third kappa shape index (κ3) is 3.45. The van der Waals surface area contributed by atoms with E-state index in [1.165, 1.54) is 0 Å². The lowest BCUT2D eigenvalue weighted by molar-refractivity contribution is -0.00166. The number of piperidine rings is 1. The van der Waals surface area contributed by atoms with Gasteiger partial charge in [-0.1, -0.05) is 12.1 Å². The quantitative estimate of drug-likeness (QED) is 0.426. The number of likely N-dealkylation sites (tertiary alicyclic amines) is 1. The Hall–Kier alpha value is -3.87. The van der Waals surface area contributed by atoms with E-state index < -0.39 is 5.60 Å². The number of nitrogens with zero attached hydrogens (tertiary/aromatic N) is 4. The van der Waals surface area contributed by atoms with Crippen molar-refractivity contribution >= 4 is 16.8 Å². The van der Waals surface area contributed by atoms with Gasteiger partial charge >= 0.3 is 0 Å². The Balaban J connectivity index is 1.29. The number of rotatable bonds is 3. The zero-order chi connectivity index (χ0) is 24.2. The molecule has 7 nitrogen and oxygen atoms in total. The summed E-state index contributed by atoms with van der Waals surface area (Å²) in [5.41, 5.74) is 4.06. The molecule has 0 atom stereocenters. The van der Waals surface area contributed by atoms with E-state index in [1.807, 2.05) is 79.1 Å². The van der Waals surface area contributed by atoms with E-state index in [0.717, 1.165) is 33.7 Å². The molecule has 0 bridgehead atoms. The topological polar surface area (TPSA) is 69.5 Å². The highest BCUT2D eigenvalue weighted by atomic mass is 16.5. The van der Waals surface area contributed by atoms with Crippen molar-refractivity contribution in [3.63, 3.8) is 0 Å². The van der Waals surface area contributed by atoms with Gasteiger partial charge in [-0.25, -0.2) is 0 Å². The van der Waals surface area contributed by atoms with Crippen LogP contribution < -0.4 is 9.47 Å². The van der Waals surface area contributed by atoms with Gasteiger partial charge in [-0.3, -0.25) is 14.5 Å². The van der Waals surface area contributed by atoms with Gasteiger partial charge in [0.15, 0.2) is 0 Å². The van der Waals surface area contributed by atoms with Crippen LogP contribution in [-0.2, 0) is 12.6 Å². The number of carbonyl (C=O) groups is 1. The SMILES string of the molecule is CC(C)Oc1ccc(C(=O)N2CCC3(CC2)Oc2ccccc2-c2c3cnn2C)c2ncccc12. The second-order valence-corrected chi connectivity index (χ2v) is 9.59. The van der Waals surface area contributed by atoms with Gasteiger partial charge in [-0.2, -0.15) is 5.10 Å². The molecule has 1 fully saturated rings. The minimum absolute atomic E-state index is 0.0118. The summed E-state index contributed by atoms with van der Waals surface area (Å²) in [6.45, 7) is 5.16. The number of ether oxygens (including phenoxy) is 2. The van der Waals surface area contributed by atoms with Crippen molar-refractivity contribution in [1.82, 2.24) is 19.7 Å². The maximum atomic E-state index is 13.7. The summed E-state index contributed by atoms with van der Waals surface area (Å²) < 4.78 is 14.5. The maximum Gasteiger partial charge on any atom is 0.256 e. The minimum atomic E-state index is -0.482. The molecule has 0 radical (unpaired) electrons. The predicted octanol–water partition coefficient (Wildman–Crippen LogP) is 4.95. The monoisotopic (exact) mass is 468 g/mol. The lowest BCUT2D eigenvalue weighted by Crippen LogP contribution is -2.49. The number of aryl methyl sites for hydroxylation is 1. The van der Waals surface area contributed by atoms with E-state index in [-0.39, 0.29) is 12.0 Å². The van der Waals surface area contributed by atoms with Crippen molar-refractivity contribution < 1.29 is 14.3 Å². The molecular weight excluding hydrogens is 440 g/mol. The number of benzene rings is 2. The Labute approximate surface area is 204 Å². The molecule has 6 rings (SSSR count). The van der Waals surface area contributed by atoms with Gasteiger partial charge in [0, 0.05) is 55.7 Å². The molecule has 1 spiro atoms. The van der Waals surface area contributed by atoms with Gasteiger partial charge in [0.25, 0.3) is 5.91 Å². The molecule has 1 amide bonds. The van der Waals surface area contributed by atoms with Crippen molar-refractivity contribution in [3.05, 3.63) is 72.1 Å². The van der Waals surface area contributed by atoms with Crippen LogP contribution in [0.2, 0.25) is 0 Å². The number of aromatic nitrogens is 3. The smallest absolute Gasteiger partial charge is 0.256 e. The number of fused-ring (bicyclic) bond motifs is 5. The highest BCUT2D eigenvalue weighted by Crippen LogP contribution is 2.49. The molecule has 4 heterocycles. The van der Waals surface area contributed by atoms with Crippen LogP contribution in [0.1, 0.15) is 42.6 Å². The van der Waals surface area contributed by atoms with Crippen molar-refractivity contribution in [2.24, 2.45) is 7.05 Å². The van der Waals surface area contributed by atoms with Gasteiger partial charge in [0.1, 0.15) is 17.1 Å². The highest BCUT2D eigenvalue weighted by molar-refractivity contribution is 6.07. The first-order valence-corrected chi connectivity index (χ1v) is 12.1. The van der Waals surface area contributed by atoms with Crippen molar-refractivity contribution in [1.29, 1.82) is 0 Å². The first-order chi connectivity index (χ1) is 17.0. The van der Waals surface area contributed by atoms with Gasteiger partial charge in [-0.15, -0.1) is 0 Å². The molecule has 2 aromatic carbocycles. The third-order valence-electron chi connectivity index (χ3n) is 7.06. The van der Waals surface area contributed by atoms with Crippen LogP contribution in [0.25, 0.3) is 22.2 Å². The minimum Gasteiger partial charge on any atom is -0.490 e. The van der Waals surface area contributed by atoms with E-state index in [0.29, 0.717) is 37.0 Å². The number of para-hydroxylation sites is 1. The standard InChI is InChI=1S/C28H28N4O3/c1-18(2)34-23-11-10-21(25-19(23)8-6-14-29-25)27(33)32-15-12-28(13-16-32)22-17-30-31(3)26(22)20-7-4-5-9-24(20)35-28/h4-11,14,17-18H,12-13,15-16H2,1-3H3. The van der Waals surface area contributed by atoms with Crippen LogP contribution in [0, 0.1) is 0 Å². The van der Waals surface area contributed by atoms with Crippen molar-refractivity contribution in [3.8, 4) is 22.8 Å². The largest absolute Gasteiger partial charge is 0.490 e. The van der Waals surface area contributed by atoms with Crippen LogP contribution in [-0.4, -0.2) is 44.8 Å². The first kappa shape index (κ1) is 21.6. The van der Waals surface area contributed by atoms with Crippen LogP contribution in [0.3, 0.4) is 0 Å². The number of carbonyl (C=O) groups excluding carboxylic acids is 1. The molecule has 1 saturated heterocycles. The molecule has 2 aromatic heterocycles. The summed E-state index contributed by atoms with van der Waals surface area (Å²) in [6, 6.07) is 15.7. The van der Waals surface area contributed by atoms with Crippen LogP contribution >= 0.6 is 0 Å². The van der Waals surface area contributed by atoms with Crippen LogP contribution in [0.5, 0.6) is 11.5 Å². The predicted molar refractivity (Wildman–Crippen MR) is 134 cm³/mol. The van der Waals surface area contributed by atoms with Gasteiger partial charge in [0.2, 0.25) is 0 Å². The van der Waals surface area contributed by atoms with Crippen molar-refractivity contribution in [2.45, 2.75) is 38.4 Å². The van der Waals surface area contributed by atoms with E-state index in [4.69, 9.17) is 9.47 Å². The third-order valence-corrected chi connectivity index (χ3v) is 7.06. The number of amides is 1. The first-order valence-electron chi connectivity index (χ1n) is 12.1. The molecule has 2 aliphatic heterocycles. The Morgan fingerprint density at radius 3 is 2.69 bits per heavy atom. The second-order valence-electron chi connectivity index (χ2n) is 9.59. The fraction of sp³-hybridized carbons (Fsp3) is 0.321. The van der Waals surface area contributed by atoms with E-state index in [1.54, 1.807) is 6.20 Å². The summed E-state index contributed by atoms with van der Waals surface area (Å²) in [4.78, 5) is 20.1. The van der Waals surface area contributed by atoms with Crippen molar-refractivity contribution in [2.75, 3.05) is 13.1 Å². The molecule has 0 saturated carbocycles. The normalized spacial score (nSPS) is 16.2. The molecule has 0 N–H and O–H groups in total. The summed E-state index contributed by atoms with van der Waals surface area (Å²) in [5.74, 6) is 1.61. The number of pyridine rings is 1. The average Bonchev–Trinajstić information content (AvgIpc) is 3.27. The number of hydrogen-bond acceptors (Lipinski definition) is 5.